The van der Waals surface area contributed by atoms with Crippen molar-refractivity contribution in [3.8, 4) is 0 Å². The summed E-state index contributed by atoms with van der Waals surface area (Å²) in [4.78, 5) is 25.0. The van der Waals surface area contributed by atoms with Gasteiger partial charge in [-0.3, -0.25) is 14.4 Å². The van der Waals surface area contributed by atoms with E-state index in [1.807, 2.05) is 5.48 Å². The van der Waals surface area contributed by atoms with E-state index in [4.69, 9.17) is 15.3 Å². The number of aliphatic hydroxyl groups is 1. The van der Waals surface area contributed by atoms with Crippen molar-refractivity contribution in [2.45, 2.75) is 12.5 Å². The lowest BCUT2D eigenvalue weighted by atomic mass is 10.2. The van der Waals surface area contributed by atoms with E-state index < -0.39 is 24.4 Å². The van der Waals surface area contributed by atoms with Gasteiger partial charge in [-0.15, -0.1) is 0 Å². The first-order valence-corrected chi connectivity index (χ1v) is 3.50. The van der Waals surface area contributed by atoms with Crippen LogP contribution in [0.25, 0.3) is 0 Å². The summed E-state index contributed by atoms with van der Waals surface area (Å²) in [6.45, 7) is -0.365. The lowest BCUT2D eigenvalue weighted by Crippen LogP contribution is -2.39. The summed E-state index contributed by atoms with van der Waals surface area (Å²) < 4.78 is 0. The highest BCUT2D eigenvalue weighted by atomic mass is 16.7. The van der Waals surface area contributed by atoms with Crippen LogP contribution in [-0.4, -0.2) is 46.5 Å². The number of aliphatic hydroxyl groups excluding tert-OH is 1. The summed E-state index contributed by atoms with van der Waals surface area (Å²) in [5, 5.41) is 25.0. The van der Waals surface area contributed by atoms with Crippen LogP contribution in [-0.2, 0) is 14.4 Å². The Morgan fingerprint density at radius 3 is 2.38 bits per heavy atom. The van der Waals surface area contributed by atoms with Crippen LogP contribution >= 0.6 is 0 Å². The predicted octanol–water partition coefficient (Wildman–Crippen LogP) is -1.57. The highest BCUT2D eigenvalue weighted by Gasteiger charge is 2.20. The average Bonchev–Trinajstić information content (AvgIpc) is 2.02. The number of hydrogen-bond acceptors (Lipinski definition) is 5. The van der Waals surface area contributed by atoms with Crippen LogP contribution in [0.5, 0.6) is 0 Å². The lowest BCUT2D eigenvalue weighted by Gasteiger charge is -2.10. The molecule has 0 heterocycles. The normalized spacial score (nSPS) is 12.4. The minimum Gasteiger partial charge on any atom is -0.481 e. The Morgan fingerprint density at radius 1 is 1.38 bits per heavy atom. The number of hydroxylamine groups is 1. The molecular weight excluding hydrogens is 182 g/mol. The summed E-state index contributed by atoms with van der Waals surface area (Å²) in [6, 6.07) is -1.30. The quantitative estimate of drug-likeness (QED) is 0.285. The van der Waals surface area contributed by atoms with Gasteiger partial charge in [0.1, 0.15) is 6.04 Å². The topological polar surface area (TPSA) is 116 Å². The highest BCUT2D eigenvalue weighted by Crippen LogP contribution is 1.92. The third-order valence-electron chi connectivity index (χ3n) is 1.10. The first kappa shape index (κ1) is 11.8. The van der Waals surface area contributed by atoms with E-state index in [0.717, 1.165) is 0 Å². The number of nitrogens with one attached hydrogen (secondary N) is 1. The van der Waals surface area contributed by atoms with Crippen LogP contribution in [0.2, 0.25) is 0 Å². The van der Waals surface area contributed by atoms with Crippen molar-refractivity contribution in [3.05, 3.63) is 0 Å². The molecule has 0 unspecified atom stereocenters. The van der Waals surface area contributed by atoms with E-state index in [9.17, 15) is 9.59 Å². The SMILES string of the molecule is O=C(O)C[C@H](NOCCO)C(=O)O. The maximum atomic E-state index is 10.4. The van der Waals surface area contributed by atoms with E-state index in [0.29, 0.717) is 0 Å². The van der Waals surface area contributed by atoms with Gasteiger partial charge in [0.15, 0.2) is 0 Å². The van der Waals surface area contributed by atoms with Crippen molar-refractivity contribution in [2.75, 3.05) is 13.2 Å². The lowest BCUT2D eigenvalue weighted by molar-refractivity contribution is -0.150. The van der Waals surface area contributed by atoms with Gasteiger partial charge in [-0.25, -0.2) is 0 Å². The first-order chi connectivity index (χ1) is 6.07. The number of rotatable bonds is 7. The predicted molar refractivity (Wildman–Crippen MR) is 39.9 cm³/mol. The van der Waals surface area contributed by atoms with Crippen molar-refractivity contribution >= 4 is 11.9 Å². The summed E-state index contributed by atoms with van der Waals surface area (Å²) in [6.07, 6.45) is -0.583. The maximum Gasteiger partial charge on any atom is 0.323 e. The summed E-state index contributed by atoms with van der Waals surface area (Å²) in [7, 11) is 0. The second-order valence-corrected chi connectivity index (χ2v) is 2.18. The molecule has 0 aliphatic rings. The molecule has 4 N–H and O–H groups in total. The Kier molecular flexibility index (Phi) is 5.77. The third kappa shape index (κ3) is 6.02. The van der Waals surface area contributed by atoms with Crippen LogP contribution < -0.4 is 5.48 Å². The Hall–Kier alpha value is -1.18. The number of aliphatic carboxylic acids is 2. The smallest absolute Gasteiger partial charge is 0.323 e. The summed E-state index contributed by atoms with van der Waals surface area (Å²) >= 11 is 0. The Balaban J connectivity index is 3.81. The number of carboxylic acids is 2. The molecule has 0 amide bonds. The Bertz CT molecular complexity index is 182. The van der Waals surface area contributed by atoms with Crippen LogP contribution in [0.3, 0.4) is 0 Å². The van der Waals surface area contributed by atoms with Gasteiger partial charge >= 0.3 is 11.9 Å². The molecule has 76 valence electrons. The summed E-state index contributed by atoms with van der Waals surface area (Å²) in [5.41, 5.74) is 2.01. The minimum absolute atomic E-state index is 0.0939. The number of carbonyl (C=O) groups is 2. The van der Waals surface area contributed by atoms with Crippen molar-refractivity contribution in [1.29, 1.82) is 0 Å². The fraction of sp³-hybridized carbons (Fsp3) is 0.667. The van der Waals surface area contributed by atoms with Crippen LogP contribution in [0.1, 0.15) is 6.42 Å². The van der Waals surface area contributed by atoms with Gasteiger partial charge in [-0.1, -0.05) is 0 Å². The first-order valence-electron chi connectivity index (χ1n) is 3.50. The Labute approximate surface area is 73.9 Å². The second kappa shape index (κ2) is 6.35. The van der Waals surface area contributed by atoms with Crippen molar-refractivity contribution in [1.82, 2.24) is 5.48 Å². The Morgan fingerprint density at radius 2 is 2.00 bits per heavy atom. The molecule has 0 spiro atoms. The highest BCUT2D eigenvalue weighted by molar-refractivity contribution is 5.80. The molecular formula is C6H11NO6. The molecule has 7 nitrogen and oxygen atoms in total. The zero-order chi connectivity index (χ0) is 10.3. The fourth-order valence-electron chi connectivity index (χ4n) is 0.559. The minimum atomic E-state index is -1.32. The van der Waals surface area contributed by atoms with E-state index in [1.165, 1.54) is 0 Å². The molecule has 0 aromatic rings. The molecule has 0 aromatic carbocycles. The van der Waals surface area contributed by atoms with Gasteiger partial charge in [0, 0.05) is 0 Å². The standard InChI is InChI=1S/C6H11NO6/c8-1-2-13-7-4(6(11)12)3-5(9)10/h4,7-8H,1-3H2,(H,9,10)(H,11,12)/t4-/m0/s1. The van der Waals surface area contributed by atoms with Crippen molar-refractivity contribution in [2.24, 2.45) is 0 Å². The van der Waals surface area contributed by atoms with Gasteiger partial charge in [-0.2, -0.15) is 5.48 Å². The molecule has 0 saturated carbocycles. The van der Waals surface area contributed by atoms with Gasteiger partial charge in [0.05, 0.1) is 19.6 Å². The van der Waals surface area contributed by atoms with E-state index >= 15 is 0 Å². The van der Waals surface area contributed by atoms with Crippen LogP contribution in [0.15, 0.2) is 0 Å². The van der Waals surface area contributed by atoms with Gasteiger partial charge in [-0.05, 0) is 0 Å². The molecule has 0 rings (SSSR count). The zero-order valence-corrected chi connectivity index (χ0v) is 6.77. The molecule has 13 heavy (non-hydrogen) atoms. The monoisotopic (exact) mass is 193 g/mol. The largest absolute Gasteiger partial charge is 0.481 e. The molecule has 1 atom stereocenters. The second-order valence-electron chi connectivity index (χ2n) is 2.18. The number of carboxylic acid groups (broad SMARTS) is 2. The zero-order valence-electron chi connectivity index (χ0n) is 6.77. The molecule has 0 fully saturated rings. The molecule has 0 aliphatic heterocycles. The fourth-order valence-corrected chi connectivity index (χ4v) is 0.559. The van der Waals surface area contributed by atoms with Crippen LogP contribution in [0.4, 0.5) is 0 Å². The molecule has 0 saturated heterocycles. The van der Waals surface area contributed by atoms with Crippen molar-refractivity contribution in [3.63, 3.8) is 0 Å². The van der Waals surface area contributed by atoms with E-state index in [-0.39, 0.29) is 13.2 Å². The number of hydrogen-bond donors (Lipinski definition) is 4. The molecule has 0 aliphatic carbocycles. The van der Waals surface area contributed by atoms with Gasteiger partial charge < -0.3 is 15.3 Å². The molecule has 0 radical (unpaired) electrons. The maximum absolute atomic E-state index is 10.4. The molecule has 0 aromatic heterocycles. The van der Waals surface area contributed by atoms with E-state index in [1.54, 1.807) is 0 Å². The third-order valence-corrected chi connectivity index (χ3v) is 1.10. The molecule has 7 heteroatoms. The van der Waals surface area contributed by atoms with E-state index in [2.05, 4.69) is 4.84 Å². The van der Waals surface area contributed by atoms with Gasteiger partial charge in [0.25, 0.3) is 0 Å². The van der Waals surface area contributed by atoms with Crippen LogP contribution in [0, 0.1) is 0 Å². The average molecular weight is 193 g/mol. The van der Waals surface area contributed by atoms with Gasteiger partial charge in [0.2, 0.25) is 0 Å². The molecule has 0 bridgehead atoms. The van der Waals surface area contributed by atoms with Crippen molar-refractivity contribution < 1.29 is 29.7 Å². The summed E-state index contributed by atoms with van der Waals surface area (Å²) in [5.74, 6) is -2.56.